The molecule has 4 aromatic rings. The number of nitrogens with zero attached hydrogens (tertiary/aromatic N) is 2. The molecule has 0 saturated carbocycles. The highest BCUT2D eigenvalue weighted by Crippen LogP contribution is 2.34. The van der Waals surface area contributed by atoms with Crippen molar-refractivity contribution in [2.75, 3.05) is 13.1 Å². The van der Waals surface area contributed by atoms with Crippen LogP contribution in [0.4, 0.5) is 13.2 Å². The van der Waals surface area contributed by atoms with Gasteiger partial charge in [0.15, 0.2) is 0 Å². The number of hydrogen-bond donors (Lipinski definition) is 1. The summed E-state index contributed by atoms with van der Waals surface area (Å²) in [5, 5.41) is 1.54. The van der Waals surface area contributed by atoms with Crippen LogP contribution in [-0.2, 0) is 4.79 Å². The van der Waals surface area contributed by atoms with Gasteiger partial charge in [0.25, 0.3) is 5.56 Å². The predicted molar refractivity (Wildman–Crippen MR) is 124 cm³/mol. The maximum Gasteiger partial charge on any atom is 0.397 e. The Kier molecular flexibility index (Phi) is 5.48. The van der Waals surface area contributed by atoms with Crippen LogP contribution in [0.3, 0.4) is 0 Å². The zero-order valence-corrected chi connectivity index (χ0v) is 18.5. The number of aromatic amines is 1. The fourth-order valence-electron chi connectivity index (χ4n) is 4.30. The molecule has 0 bridgehead atoms. The number of fused-ring (bicyclic) bond motifs is 1. The number of halogens is 4. The fourth-order valence-corrected chi connectivity index (χ4v) is 4.43. The molecule has 0 atom stereocenters. The van der Waals surface area contributed by atoms with Gasteiger partial charge in [0.2, 0.25) is 5.91 Å². The van der Waals surface area contributed by atoms with Crippen molar-refractivity contribution in [3.05, 3.63) is 87.9 Å². The molecule has 2 aromatic carbocycles. The van der Waals surface area contributed by atoms with Gasteiger partial charge in [-0.2, -0.15) is 13.2 Å². The molecule has 174 valence electrons. The Labute approximate surface area is 197 Å². The summed E-state index contributed by atoms with van der Waals surface area (Å²) in [4.78, 5) is 28.9. The summed E-state index contributed by atoms with van der Waals surface area (Å²) >= 11 is 5.93. The average Bonchev–Trinajstić information content (AvgIpc) is 3.15. The van der Waals surface area contributed by atoms with Crippen molar-refractivity contribution < 1.29 is 18.0 Å². The number of carbonyl (C=O) groups is 1. The molecule has 2 aromatic heterocycles. The lowest BCUT2D eigenvalue weighted by Crippen LogP contribution is -2.49. The zero-order valence-electron chi connectivity index (χ0n) is 17.8. The monoisotopic (exact) mass is 485 g/mol. The van der Waals surface area contributed by atoms with Gasteiger partial charge in [0.05, 0.1) is 5.69 Å². The molecule has 0 unspecified atom stereocenters. The van der Waals surface area contributed by atoms with Crippen LogP contribution in [0.1, 0.15) is 17.9 Å². The van der Waals surface area contributed by atoms with Gasteiger partial charge in [-0.25, -0.2) is 0 Å². The van der Waals surface area contributed by atoms with Gasteiger partial charge in [0, 0.05) is 53.4 Å². The van der Waals surface area contributed by atoms with Crippen molar-refractivity contribution in [2.45, 2.75) is 18.5 Å². The Morgan fingerprint density at radius 1 is 1.03 bits per heavy atom. The number of nitrogens with one attached hydrogen (secondary N) is 1. The Morgan fingerprint density at radius 2 is 1.76 bits per heavy atom. The summed E-state index contributed by atoms with van der Waals surface area (Å²) in [7, 11) is 0. The Hall–Kier alpha value is -3.52. The molecule has 5 nitrogen and oxygen atoms in total. The van der Waals surface area contributed by atoms with Crippen LogP contribution in [0.2, 0.25) is 5.02 Å². The van der Waals surface area contributed by atoms with Crippen molar-refractivity contribution in [2.24, 2.45) is 0 Å². The number of aromatic nitrogens is 2. The van der Waals surface area contributed by atoms with E-state index in [0.717, 1.165) is 27.6 Å². The Morgan fingerprint density at radius 3 is 2.44 bits per heavy atom. The number of H-pyrrole nitrogens is 1. The van der Waals surface area contributed by atoms with Gasteiger partial charge < -0.3 is 9.88 Å². The molecule has 0 spiro atoms. The molecular weight excluding hydrogens is 467 g/mol. The summed E-state index contributed by atoms with van der Waals surface area (Å²) in [6.45, 7) is 0.518. The smallest absolute Gasteiger partial charge is 0.361 e. The first-order valence-electron chi connectivity index (χ1n) is 10.6. The van der Waals surface area contributed by atoms with Crippen molar-refractivity contribution in [3.63, 3.8) is 0 Å². The predicted octanol–water partition coefficient (Wildman–Crippen LogP) is 5.52. The molecule has 1 aliphatic rings. The van der Waals surface area contributed by atoms with E-state index in [2.05, 4.69) is 4.98 Å². The first-order chi connectivity index (χ1) is 16.2. The average molecular weight is 486 g/mol. The van der Waals surface area contributed by atoms with E-state index in [-0.39, 0.29) is 24.6 Å². The second kappa shape index (κ2) is 8.36. The topological polar surface area (TPSA) is 58.1 Å². The maximum absolute atomic E-state index is 12.8. The molecular formula is C25H19ClF3N3O2. The largest absolute Gasteiger partial charge is 0.397 e. The highest BCUT2D eigenvalue weighted by atomic mass is 35.5. The van der Waals surface area contributed by atoms with Crippen molar-refractivity contribution in [3.8, 4) is 16.8 Å². The zero-order chi connectivity index (χ0) is 24.0. The van der Waals surface area contributed by atoms with Gasteiger partial charge in [-0.05, 0) is 47.0 Å². The van der Waals surface area contributed by atoms with Crippen LogP contribution in [0, 0.1) is 0 Å². The third-order valence-corrected chi connectivity index (χ3v) is 6.35. The minimum absolute atomic E-state index is 0.0295. The van der Waals surface area contributed by atoms with E-state index in [9.17, 15) is 22.8 Å². The number of benzene rings is 2. The number of carbonyl (C=O) groups excluding carboxylic acids is 1. The molecule has 9 heteroatoms. The van der Waals surface area contributed by atoms with E-state index in [1.165, 1.54) is 4.90 Å². The van der Waals surface area contributed by atoms with Gasteiger partial charge >= 0.3 is 6.18 Å². The van der Waals surface area contributed by atoms with Crippen LogP contribution >= 0.6 is 11.6 Å². The normalized spacial score (nSPS) is 14.4. The first-order valence-corrected chi connectivity index (χ1v) is 11.0. The van der Waals surface area contributed by atoms with Gasteiger partial charge in [-0.3, -0.25) is 14.2 Å². The van der Waals surface area contributed by atoms with Crippen LogP contribution in [0.25, 0.3) is 27.7 Å². The fraction of sp³-hybridized carbons (Fsp3) is 0.200. The highest BCUT2D eigenvalue weighted by Gasteiger charge is 2.39. The third kappa shape index (κ3) is 4.33. The molecule has 1 amide bonds. The summed E-state index contributed by atoms with van der Waals surface area (Å²) in [6, 6.07) is 16.2. The molecule has 34 heavy (non-hydrogen) atoms. The van der Waals surface area contributed by atoms with E-state index in [1.807, 2.05) is 42.6 Å². The van der Waals surface area contributed by atoms with Crippen LogP contribution in [0.5, 0.6) is 0 Å². The molecule has 3 heterocycles. The van der Waals surface area contributed by atoms with E-state index in [1.54, 1.807) is 29.0 Å². The van der Waals surface area contributed by atoms with Crippen LogP contribution in [-0.4, -0.2) is 39.6 Å². The molecule has 1 N–H and O–H groups in total. The number of alkyl halides is 3. The quantitative estimate of drug-likeness (QED) is 0.414. The number of likely N-dealkylation sites (tertiary alicyclic amines) is 1. The van der Waals surface area contributed by atoms with E-state index in [0.29, 0.717) is 10.7 Å². The number of pyridine rings is 1. The molecule has 0 aliphatic carbocycles. The standard InChI is InChI=1S/C25H19ClF3N3O2/c26-18-3-1-15(2-4-18)16-7-8-32(23(33)9-16)19-5-6-20-21(12-30-22(20)10-19)17-13-31(14-17)24(34)11-25(27,28)29/h1-10,12,17,30H,11,13-14H2. The molecule has 1 aliphatic heterocycles. The summed E-state index contributed by atoms with van der Waals surface area (Å²) in [6.07, 6.45) is -2.39. The second-order valence-corrected chi connectivity index (χ2v) is 8.83. The lowest BCUT2D eigenvalue weighted by Gasteiger charge is -2.39. The third-order valence-electron chi connectivity index (χ3n) is 6.10. The van der Waals surface area contributed by atoms with E-state index >= 15 is 0 Å². The van der Waals surface area contributed by atoms with E-state index in [4.69, 9.17) is 11.6 Å². The number of hydrogen-bond acceptors (Lipinski definition) is 2. The molecule has 1 fully saturated rings. The summed E-state index contributed by atoms with van der Waals surface area (Å²) in [5.74, 6) is -0.925. The minimum atomic E-state index is -4.50. The van der Waals surface area contributed by atoms with Crippen LogP contribution in [0.15, 0.2) is 71.8 Å². The van der Waals surface area contributed by atoms with E-state index < -0.39 is 18.5 Å². The summed E-state index contributed by atoms with van der Waals surface area (Å²) < 4.78 is 38.9. The molecule has 1 saturated heterocycles. The van der Waals surface area contributed by atoms with Crippen molar-refractivity contribution >= 4 is 28.4 Å². The van der Waals surface area contributed by atoms with Crippen molar-refractivity contribution in [1.29, 1.82) is 0 Å². The maximum atomic E-state index is 12.8. The van der Waals surface area contributed by atoms with Gasteiger partial charge in [-0.15, -0.1) is 0 Å². The lowest BCUT2D eigenvalue weighted by atomic mass is 9.91. The molecule has 5 rings (SSSR count). The van der Waals surface area contributed by atoms with Crippen LogP contribution < -0.4 is 5.56 Å². The van der Waals surface area contributed by atoms with Gasteiger partial charge in [0.1, 0.15) is 6.42 Å². The first kappa shape index (κ1) is 22.3. The Balaban J connectivity index is 1.35. The van der Waals surface area contributed by atoms with Gasteiger partial charge in [-0.1, -0.05) is 29.8 Å². The number of amides is 1. The van der Waals surface area contributed by atoms with Crippen molar-refractivity contribution in [1.82, 2.24) is 14.5 Å². The Bertz CT molecular complexity index is 1430. The SMILES string of the molecule is O=C(CC(F)(F)F)N1CC(c2c[nH]c3cc(-n4ccc(-c5ccc(Cl)cc5)cc4=O)ccc23)C1. The lowest BCUT2D eigenvalue weighted by molar-refractivity contribution is -0.164. The second-order valence-electron chi connectivity index (χ2n) is 8.39. The highest BCUT2D eigenvalue weighted by molar-refractivity contribution is 6.30. The molecule has 0 radical (unpaired) electrons. The minimum Gasteiger partial charge on any atom is -0.361 e. The number of rotatable bonds is 4. The summed E-state index contributed by atoms with van der Waals surface area (Å²) in [5.41, 5.74) is 3.93.